The molecule has 2 aromatic heterocycles. The number of carbonyl (C=O) groups is 3. The molecule has 0 radical (unpaired) electrons. The van der Waals surface area contributed by atoms with Crippen LogP contribution >= 0.6 is 0 Å². The van der Waals surface area contributed by atoms with E-state index in [0.29, 0.717) is 5.69 Å². The van der Waals surface area contributed by atoms with Gasteiger partial charge in [-0.05, 0) is 44.2 Å². The average Bonchev–Trinajstić information content (AvgIpc) is 3.35. The molecule has 1 atom stereocenters. The first-order valence-electron chi connectivity index (χ1n) is 11.1. The maximum Gasteiger partial charge on any atom is 0.336 e. The van der Waals surface area contributed by atoms with E-state index in [9.17, 15) is 19.2 Å². The Balaban J connectivity index is 1.44. The van der Waals surface area contributed by atoms with Crippen molar-refractivity contribution in [3.05, 3.63) is 76.3 Å². The maximum absolute atomic E-state index is 13.2. The Morgan fingerprint density at radius 3 is 2.56 bits per heavy atom. The van der Waals surface area contributed by atoms with Crippen molar-refractivity contribution >= 4 is 45.1 Å². The molecule has 1 aliphatic heterocycles. The van der Waals surface area contributed by atoms with Crippen LogP contribution in [0.5, 0.6) is 0 Å². The lowest BCUT2D eigenvalue weighted by Crippen LogP contribution is -2.43. The van der Waals surface area contributed by atoms with Crippen LogP contribution in [0.3, 0.4) is 0 Å². The van der Waals surface area contributed by atoms with Gasteiger partial charge >= 0.3 is 5.63 Å². The zero-order valence-electron chi connectivity index (χ0n) is 18.8. The lowest BCUT2D eigenvalue weighted by molar-refractivity contribution is -0.121. The minimum Gasteiger partial charge on any atom is -0.428 e. The second kappa shape index (κ2) is 8.30. The summed E-state index contributed by atoms with van der Waals surface area (Å²) < 4.78 is 7.12. The number of benzene rings is 2. The van der Waals surface area contributed by atoms with Crippen molar-refractivity contribution in [2.45, 2.75) is 32.9 Å². The molecule has 0 aliphatic carbocycles. The van der Waals surface area contributed by atoms with Crippen LogP contribution in [-0.4, -0.2) is 39.7 Å². The number of likely N-dealkylation sites (tertiary alicyclic amines) is 1. The van der Waals surface area contributed by atoms with Crippen molar-refractivity contribution in [2.24, 2.45) is 0 Å². The van der Waals surface area contributed by atoms with Crippen molar-refractivity contribution in [3.8, 4) is 0 Å². The third kappa shape index (κ3) is 3.67. The average molecular weight is 457 g/mol. The molecule has 0 spiro atoms. The molecule has 5 rings (SSSR count). The Morgan fingerprint density at radius 2 is 1.79 bits per heavy atom. The van der Waals surface area contributed by atoms with E-state index in [1.54, 1.807) is 6.92 Å². The predicted molar refractivity (Wildman–Crippen MR) is 128 cm³/mol. The van der Waals surface area contributed by atoms with Crippen LogP contribution in [0, 0.1) is 6.92 Å². The van der Waals surface area contributed by atoms with Gasteiger partial charge in [0.15, 0.2) is 5.78 Å². The maximum atomic E-state index is 13.2. The van der Waals surface area contributed by atoms with Crippen molar-refractivity contribution in [2.75, 3.05) is 11.9 Å². The third-order valence-corrected chi connectivity index (χ3v) is 6.20. The van der Waals surface area contributed by atoms with Crippen LogP contribution in [-0.2, 0) is 16.1 Å². The lowest BCUT2D eigenvalue weighted by Gasteiger charge is -2.23. The lowest BCUT2D eigenvalue weighted by atomic mass is 10.1. The molecule has 2 aromatic carbocycles. The molecule has 1 fully saturated rings. The number of para-hydroxylation sites is 1. The van der Waals surface area contributed by atoms with E-state index in [1.165, 1.54) is 11.0 Å². The number of nitrogens with one attached hydrogen (secondary N) is 1. The quantitative estimate of drug-likeness (QED) is 0.505. The van der Waals surface area contributed by atoms with Crippen LogP contribution in [0.4, 0.5) is 5.69 Å². The SMILES string of the molecule is CCn1c2ccccc2c2cc(NC(=O)C3CC(=O)CN3C(=O)c3cc(C)oc(=O)c3)ccc21. The molecule has 4 aromatic rings. The number of hydrogen-bond acceptors (Lipinski definition) is 5. The molecule has 0 saturated carbocycles. The van der Waals surface area contributed by atoms with Gasteiger partial charge in [-0.15, -0.1) is 0 Å². The third-order valence-electron chi connectivity index (χ3n) is 6.20. The molecule has 0 bridgehead atoms. The molecule has 1 N–H and O–H groups in total. The summed E-state index contributed by atoms with van der Waals surface area (Å²) in [6, 6.07) is 15.3. The zero-order chi connectivity index (χ0) is 24.0. The molecule has 8 nitrogen and oxygen atoms in total. The van der Waals surface area contributed by atoms with Gasteiger partial charge < -0.3 is 19.2 Å². The van der Waals surface area contributed by atoms with Gasteiger partial charge in [-0.2, -0.15) is 0 Å². The number of nitrogens with zero attached hydrogens (tertiary/aromatic N) is 2. The molecule has 1 unspecified atom stereocenters. The van der Waals surface area contributed by atoms with Gasteiger partial charge in [-0.3, -0.25) is 14.4 Å². The van der Waals surface area contributed by atoms with Crippen LogP contribution in [0.2, 0.25) is 0 Å². The van der Waals surface area contributed by atoms with Gasteiger partial charge in [0, 0.05) is 46.5 Å². The van der Waals surface area contributed by atoms with Gasteiger partial charge in [0.25, 0.3) is 5.91 Å². The minimum atomic E-state index is -0.958. The number of Topliss-reactive ketones (excluding diaryl/α,β-unsaturated/α-hetero) is 1. The summed E-state index contributed by atoms with van der Waals surface area (Å²) in [4.78, 5) is 51.3. The largest absolute Gasteiger partial charge is 0.428 e. The van der Waals surface area contributed by atoms with E-state index in [-0.39, 0.29) is 30.1 Å². The molecule has 34 heavy (non-hydrogen) atoms. The molecular formula is C26H23N3O5. The van der Waals surface area contributed by atoms with Crippen LogP contribution < -0.4 is 10.9 Å². The Morgan fingerprint density at radius 1 is 1.03 bits per heavy atom. The number of ketones is 1. The second-order valence-electron chi connectivity index (χ2n) is 8.45. The topological polar surface area (TPSA) is 102 Å². The number of rotatable bonds is 4. The number of anilines is 1. The van der Waals surface area contributed by atoms with Crippen LogP contribution in [0.25, 0.3) is 21.8 Å². The first-order chi connectivity index (χ1) is 16.4. The highest BCUT2D eigenvalue weighted by atomic mass is 16.4. The predicted octanol–water partition coefficient (Wildman–Crippen LogP) is 3.50. The van der Waals surface area contributed by atoms with E-state index in [0.717, 1.165) is 34.4 Å². The molecule has 2 amide bonds. The highest BCUT2D eigenvalue weighted by Gasteiger charge is 2.39. The zero-order valence-corrected chi connectivity index (χ0v) is 18.8. The molecule has 1 saturated heterocycles. The van der Waals surface area contributed by atoms with Gasteiger partial charge in [0.1, 0.15) is 11.8 Å². The monoisotopic (exact) mass is 457 g/mol. The summed E-state index contributed by atoms with van der Waals surface area (Å²) in [5.74, 6) is -0.933. The van der Waals surface area contributed by atoms with Crippen molar-refractivity contribution < 1.29 is 18.8 Å². The summed E-state index contributed by atoms with van der Waals surface area (Å²) in [6.07, 6.45) is -0.0740. The highest BCUT2D eigenvalue weighted by molar-refractivity contribution is 6.11. The molecule has 8 heteroatoms. The number of hydrogen-bond donors (Lipinski definition) is 1. The fourth-order valence-electron chi connectivity index (χ4n) is 4.73. The number of aromatic nitrogens is 1. The van der Waals surface area contributed by atoms with Crippen LogP contribution in [0.15, 0.2) is 63.8 Å². The standard InChI is InChI=1S/C26H23N3O5/c1-3-28-21-7-5-4-6-19(21)20-12-17(8-9-22(20)28)27-25(32)23-13-18(30)14-29(23)26(33)16-10-15(2)34-24(31)11-16/h4-12,23H,3,13-14H2,1-2H3,(H,27,32). The highest BCUT2D eigenvalue weighted by Crippen LogP contribution is 2.31. The van der Waals surface area contributed by atoms with Crippen LogP contribution in [0.1, 0.15) is 29.5 Å². The van der Waals surface area contributed by atoms with Crippen molar-refractivity contribution in [3.63, 3.8) is 0 Å². The van der Waals surface area contributed by atoms with Crippen molar-refractivity contribution in [1.82, 2.24) is 9.47 Å². The molecule has 172 valence electrons. The van der Waals surface area contributed by atoms with E-state index < -0.39 is 23.5 Å². The van der Waals surface area contributed by atoms with E-state index in [1.807, 2.05) is 36.4 Å². The van der Waals surface area contributed by atoms with Gasteiger partial charge in [0.2, 0.25) is 5.91 Å². The Bertz CT molecular complexity index is 1530. The second-order valence-corrected chi connectivity index (χ2v) is 8.45. The Hall–Kier alpha value is -4.20. The normalized spacial score (nSPS) is 15.9. The summed E-state index contributed by atoms with van der Waals surface area (Å²) in [5.41, 5.74) is 2.20. The van der Waals surface area contributed by atoms with Gasteiger partial charge in [0.05, 0.1) is 12.1 Å². The summed E-state index contributed by atoms with van der Waals surface area (Å²) >= 11 is 0. The number of aryl methyl sites for hydroxylation is 2. The molecule has 3 heterocycles. The summed E-state index contributed by atoms with van der Waals surface area (Å²) in [7, 11) is 0. The Kier molecular flexibility index (Phi) is 5.28. The Labute approximate surface area is 194 Å². The van der Waals surface area contributed by atoms with E-state index >= 15 is 0 Å². The fraction of sp³-hybridized carbons (Fsp3) is 0.231. The smallest absolute Gasteiger partial charge is 0.336 e. The summed E-state index contributed by atoms with van der Waals surface area (Å²) in [6.45, 7) is 4.28. The van der Waals surface area contributed by atoms with Crippen molar-refractivity contribution in [1.29, 1.82) is 0 Å². The first kappa shape index (κ1) is 21.6. The molecule has 1 aliphatic rings. The fourth-order valence-corrected chi connectivity index (χ4v) is 4.73. The van der Waals surface area contributed by atoms with Gasteiger partial charge in [-0.1, -0.05) is 18.2 Å². The van der Waals surface area contributed by atoms with E-state index in [2.05, 4.69) is 22.9 Å². The summed E-state index contributed by atoms with van der Waals surface area (Å²) in [5, 5.41) is 4.97. The number of carbonyl (C=O) groups excluding carboxylic acids is 3. The van der Waals surface area contributed by atoms with Gasteiger partial charge in [-0.25, -0.2) is 4.79 Å². The molecular weight excluding hydrogens is 434 g/mol. The first-order valence-corrected chi connectivity index (χ1v) is 11.1. The number of fused-ring (bicyclic) bond motifs is 3. The number of amides is 2. The minimum absolute atomic E-state index is 0.0740. The van der Waals surface area contributed by atoms with E-state index in [4.69, 9.17) is 4.42 Å².